The standard InChI is InChI=1S/C61H86N14O10S/c1-37(2)51(60(84)85)73-56(80)47(35-40-36-67-43-23-11-10-21-41(40)43)71-57(81)49-25-15-30-74(49)59(83)50-26-16-31-75(50)58(82)48(34-39-19-8-5-9-20-39)72-55(79)46(33-38-17-6-4-7-18-38)70-54(78)45(27-32-86-3)69-53(77)44(24-12-13-28-62)68-52(76)42(63)22-14-29-66-61(64)65/h4-11,17-21,23,36-37,42,44-51,67H,12-16,22,24-35,62-63H2,1-3H3,(H,68,76)(H,69,77)(H,70,78)(H,71,81)(H,72,79)(H,73,80)(H,84,85)(H4,64,65,66)/t42-,44-,45-,46+,47+,48-,49-,50-,51-/m0/s1. The minimum Gasteiger partial charge on any atom is -0.480 e. The Labute approximate surface area is 506 Å². The monoisotopic (exact) mass is 1210 g/mol. The summed E-state index contributed by atoms with van der Waals surface area (Å²) in [4.78, 5) is 134. The number of aromatic amines is 1. The first-order valence-corrected chi connectivity index (χ1v) is 31.0. The van der Waals surface area contributed by atoms with E-state index in [0.717, 1.165) is 10.9 Å². The first kappa shape index (κ1) is 67.1. The number of aromatic nitrogens is 1. The molecule has 4 aromatic rings. The quantitative estimate of drug-likeness (QED) is 0.0182. The Morgan fingerprint density at radius 3 is 1.83 bits per heavy atom. The van der Waals surface area contributed by atoms with E-state index in [-0.39, 0.29) is 70.4 Å². The van der Waals surface area contributed by atoms with Crippen LogP contribution in [0.4, 0.5) is 0 Å². The van der Waals surface area contributed by atoms with Gasteiger partial charge < -0.3 is 74.3 Å². The minimum atomic E-state index is -1.29. The number of aliphatic carboxylic acids is 1. The highest BCUT2D eigenvalue weighted by Crippen LogP contribution is 2.27. The largest absolute Gasteiger partial charge is 0.480 e. The fourth-order valence-corrected chi connectivity index (χ4v) is 11.4. The average molecular weight is 1210 g/mol. The molecule has 3 aromatic carbocycles. The highest BCUT2D eigenvalue weighted by molar-refractivity contribution is 7.98. The highest BCUT2D eigenvalue weighted by atomic mass is 32.2. The van der Waals surface area contributed by atoms with Crippen molar-refractivity contribution in [2.24, 2.45) is 23.1 Å². The van der Waals surface area contributed by atoms with Crippen molar-refractivity contribution in [3.63, 3.8) is 0 Å². The van der Waals surface area contributed by atoms with Crippen molar-refractivity contribution in [2.45, 2.75) is 152 Å². The molecule has 2 aliphatic heterocycles. The first-order chi connectivity index (χ1) is 41.3. The third-order valence-electron chi connectivity index (χ3n) is 15.6. The smallest absolute Gasteiger partial charge is 0.326 e. The Kier molecular flexibility index (Phi) is 26.2. The number of para-hydroxylation sites is 1. The Bertz CT molecular complexity index is 2950. The second kappa shape index (κ2) is 33.6. The third-order valence-corrected chi connectivity index (χ3v) is 16.2. The van der Waals surface area contributed by atoms with Crippen molar-refractivity contribution in [1.82, 2.24) is 52.0 Å². The Balaban J connectivity index is 1.21. The summed E-state index contributed by atoms with van der Waals surface area (Å²) < 4.78 is 0. The van der Waals surface area contributed by atoms with Gasteiger partial charge in [0, 0.05) is 56.0 Å². The lowest BCUT2D eigenvalue weighted by Crippen LogP contribution is -2.61. The second-order valence-corrected chi connectivity index (χ2v) is 23.3. The fourth-order valence-electron chi connectivity index (χ4n) is 10.9. The molecule has 0 radical (unpaired) electrons. The molecule has 0 aliphatic carbocycles. The number of nitrogens with zero attached hydrogens (tertiary/aromatic N) is 2. The van der Waals surface area contributed by atoms with Crippen molar-refractivity contribution in [3.05, 3.63) is 108 Å². The number of carbonyl (C=O) groups is 9. The molecule has 0 bridgehead atoms. The van der Waals surface area contributed by atoms with E-state index in [1.54, 1.807) is 74.6 Å². The number of thioether (sulfide) groups is 1. The maximum Gasteiger partial charge on any atom is 0.326 e. The van der Waals surface area contributed by atoms with E-state index in [4.69, 9.17) is 22.6 Å². The SMILES string of the molecule is CSCC[C@H](NC(=O)[C@H](CCCCN)NC(=O)[C@@H](N)CCCNC(=N)N)C(=O)N[C@H](Cc1ccccc1)C(=O)N[C@@H](Cc1ccccc1)C(=O)N1CCC[C@H]1C(=O)N1CCC[C@H]1C(=O)N[C@H](Cc1c[nH]c2ccccc12)C(=O)N[C@H](C(=O)O)C(C)C. The Hall–Kier alpha value is -8.03. The van der Waals surface area contributed by atoms with Crippen molar-refractivity contribution in [1.29, 1.82) is 5.41 Å². The zero-order valence-corrected chi connectivity index (χ0v) is 50.1. The van der Waals surface area contributed by atoms with Gasteiger partial charge in [-0.15, -0.1) is 0 Å². The van der Waals surface area contributed by atoms with Gasteiger partial charge in [0.1, 0.15) is 48.3 Å². The molecule has 0 spiro atoms. The number of H-pyrrole nitrogens is 1. The van der Waals surface area contributed by atoms with Gasteiger partial charge in [0.2, 0.25) is 47.3 Å². The lowest BCUT2D eigenvalue weighted by molar-refractivity contribution is -0.148. The maximum atomic E-state index is 15.2. The van der Waals surface area contributed by atoms with E-state index >= 15 is 4.79 Å². The van der Waals surface area contributed by atoms with Crippen molar-refractivity contribution < 1.29 is 48.3 Å². The van der Waals surface area contributed by atoms with Crippen LogP contribution in [0.15, 0.2) is 91.1 Å². The summed E-state index contributed by atoms with van der Waals surface area (Å²) in [7, 11) is 0. The van der Waals surface area contributed by atoms with Gasteiger partial charge in [-0.1, -0.05) is 92.7 Å². The van der Waals surface area contributed by atoms with E-state index in [2.05, 4.69) is 42.2 Å². The van der Waals surface area contributed by atoms with E-state index in [1.807, 2.05) is 36.6 Å². The van der Waals surface area contributed by atoms with Crippen LogP contribution in [0, 0.1) is 11.3 Å². The van der Waals surface area contributed by atoms with Crippen LogP contribution in [0.1, 0.15) is 94.7 Å². The number of guanidine groups is 1. The van der Waals surface area contributed by atoms with E-state index in [9.17, 15) is 43.5 Å². The third kappa shape index (κ3) is 19.5. The van der Waals surface area contributed by atoms with Gasteiger partial charge in [0.15, 0.2) is 5.96 Å². The van der Waals surface area contributed by atoms with Crippen molar-refractivity contribution >= 4 is 81.9 Å². The zero-order chi connectivity index (χ0) is 62.3. The summed E-state index contributed by atoms with van der Waals surface area (Å²) in [5.74, 6) is -6.45. The molecule has 8 amide bonds. The number of carboxylic acids is 1. The highest BCUT2D eigenvalue weighted by Gasteiger charge is 2.45. The second-order valence-electron chi connectivity index (χ2n) is 22.4. The number of rotatable bonds is 33. The molecule has 0 saturated carbocycles. The van der Waals surface area contributed by atoms with Gasteiger partial charge in [-0.2, -0.15) is 11.8 Å². The summed E-state index contributed by atoms with van der Waals surface area (Å²) in [6.45, 7) is 4.34. The van der Waals surface area contributed by atoms with Gasteiger partial charge in [-0.05, 0) is 111 Å². The molecule has 16 N–H and O–H groups in total. The number of hydrogen-bond donors (Lipinski definition) is 13. The maximum absolute atomic E-state index is 15.2. The summed E-state index contributed by atoms with van der Waals surface area (Å²) >= 11 is 1.44. The zero-order valence-electron chi connectivity index (χ0n) is 49.3. The Morgan fingerprint density at radius 2 is 1.20 bits per heavy atom. The number of hydrogen-bond acceptors (Lipinski definition) is 13. The number of fused-ring (bicyclic) bond motifs is 1. The molecular weight excluding hydrogens is 1120 g/mol. The molecule has 1 aromatic heterocycles. The van der Waals surface area contributed by atoms with Crippen LogP contribution in [0.3, 0.4) is 0 Å². The van der Waals surface area contributed by atoms with Gasteiger partial charge in [0.25, 0.3) is 0 Å². The summed E-state index contributed by atoms with van der Waals surface area (Å²) in [5.41, 5.74) is 20.2. The number of carboxylic acid groups (broad SMARTS) is 1. The molecular formula is C61H86N14O10S. The number of unbranched alkanes of at least 4 members (excludes halogenated alkanes) is 1. The topological polar surface area (TPSA) is 382 Å². The molecule has 9 atom stereocenters. The number of carbonyl (C=O) groups excluding carboxylic acids is 8. The molecule has 86 heavy (non-hydrogen) atoms. The summed E-state index contributed by atoms with van der Waals surface area (Å²) in [6.07, 6.45) is 7.03. The molecule has 2 aliphatic rings. The summed E-state index contributed by atoms with van der Waals surface area (Å²) in [6, 6.07) is 15.1. The molecule has 2 saturated heterocycles. The van der Waals surface area contributed by atoms with Crippen LogP contribution >= 0.6 is 11.8 Å². The lowest BCUT2D eigenvalue weighted by atomic mass is 10.0. The molecule has 25 heteroatoms. The average Bonchev–Trinajstić information content (AvgIpc) is 4.19. The van der Waals surface area contributed by atoms with Gasteiger partial charge in [-0.25, -0.2) is 4.79 Å². The van der Waals surface area contributed by atoms with Crippen LogP contribution < -0.4 is 54.4 Å². The molecule has 2 fully saturated rings. The van der Waals surface area contributed by atoms with Gasteiger partial charge in [0.05, 0.1) is 6.04 Å². The van der Waals surface area contributed by atoms with Crippen molar-refractivity contribution in [2.75, 3.05) is 38.2 Å². The van der Waals surface area contributed by atoms with E-state index < -0.39 is 114 Å². The van der Waals surface area contributed by atoms with Crippen LogP contribution in [0.2, 0.25) is 0 Å². The number of likely N-dealkylation sites (tertiary alicyclic amines) is 2. The molecule has 6 rings (SSSR count). The minimum absolute atomic E-state index is 0.00559. The normalized spacial score (nSPS) is 17.3. The van der Waals surface area contributed by atoms with Gasteiger partial charge >= 0.3 is 5.97 Å². The number of amides is 8. The van der Waals surface area contributed by atoms with Crippen LogP contribution in [0.5, 0.6) is 0 Å². The molecule has 3 heterocycles. The lowest BCUT2D eigenvalue weighted by Gasteiger charge is -2.34. The first-order valence-electron chi connectivity index (χ1n) is 29.6. The van der Waals surface area contributed by atoms with E-state index in [0.29, 0.717) is 67.6 Å². The van der Waals surface area contributed by atoms with Crippen LogP contribution in [0.25, 0.3) is 10.9 Å². The predicted molar refractivity (Wildman–Crippen MR) is 329 cm³/mol. The van der Waals surface area contributed by atoms with Crippen LogP contribution in [-0.4, -0.2) is 172 Å². The van der Waals surface area contributed by atoms with Crippen molar-refractivity contribution in [3.8, 4) is 0 Å². The van der Waals surface area contributed by atoms with Gasteiger partial charge in [-0.3, -0.25) is 43.8 Å². The molecule has 466 valence electrons. The fraction of sp³-hybridized carbons (Fsp3) is 0.508. The summed E-state index contributed by atoms with van der Waals surface area (Å²) in [5, 5.41) is 37.7. The molecule has 0 unspecified atom stereocenters. The predicted octanol–water partition coefficient (Wildman–Crippen LogP) is 1.30. The number of nitrogens with one attached hydrogen (secondary N) is 9. The van der Waals surface area contributed by atoms with Crippen LogP contribution in [-0.2, 0) is 62.4 Å². The van der Waals surface area contributed by atoms with E-state index in [1.165, 1.54) is 21.6 Å². The Morgan fingerprint density at radius 1 is 0.651 bits per heavy atom. The number of benzene rings is 3. The number of nitrogens with two attached hydrogens (primary N) is 3. The molecule has 24 nitrogen and oxygen atoms in total.